The summed E-state index contributed by atoms with van der Waals surface area (Å²) in [5.74, 6) is 0. The first-order chi connectivity index (χ1) is 3.68. The predicted octanol–water partition coefficient (Wildman–Crippen LogP) is 0.711. The summed E-state index contributed by atoms with van der Waals surface area (Å²) in [5, 5.41) is 0. The van der Waals surface area contributed by atoms with Crippen LogP contribution in [0.25, 0.3) is 0 Å². The SMILES string of the molecule is CC(N)=C(C)C=CN. The van der Waals surface area contributed by atoms with E-state index in [1.807, 2.05) is 13.8 Å². The number of rotatable bonds is 1. The average molecular weight is 112 g/mol. The van der Waals surface area contributed by atoms with Gasteiger partial charge in [0.05, 0.1) is 0 Å². The van der Waals surface area contributed by atoms with Crippen LogP contribution in [-0.4, -0.2) is 0 Å². The zero-order chi connectivity index (χ0) is 6.57. The monoisotopic (exact) mass is 112 g/mol. The van der Waals surface area contributed by atoms with Gasteiger partial charge in [-0.2, -0.15) is 0 Å². The Morgan fingerprint density at radius 2 is 1.88 bits per heavy atom. The van der Waals surface area contributed by atoms with Gasteiger partial charge < -0.3 is 11.5 Å². The molecule has 0 bridgehead atoms. The summed E-state index contributed by atoms with van der Waals surface area (Å²) in [6.45, 7) is 3.76. The van der Waals surface area contributed by atoms with Gasteiger partial charge in [-0.3, -0.25) is 0 Å². The highest BCUT2D eigenvalue weighted by Gasteiger charge is 1.81. The van der Waals surface area contributed by atoms with Gasteiger partial charge in [-0.05, 0) is 31.7 Å². The Kier molecular flexibility index (Phi) is 2.77. The maximum Gasteiger partial charge on any atom is 0.00791 e. The molecule has 0 aromatic carbocycles. The summed E-state index contributed by atoms with van der Waals surface area (Å²) < 4.78 is 0. The first kappa shape index (κ1) is 7.08. The van der Waals surface area contributed by atoms with Gasteiger partial charge in [-0.25, -0.2) is 0 Å². The molecule has 0 saturated heterocycles. The molecule has 0 amide bonds. The van der Waals surface area contributed by atoms with Crippen LogP contribution in [0, 0.1) is 0 Å². The fourth-order valence-electron chi connectivity index (χ4n) is 0.276. The van der Waals surface area contributed by atoms with E-state index in [0.29, 0.717) is 0 Å². The summed E-state index contributed by atoms with van der Waals surface area (Å²) in [6.07, 6.45) is 3.25. The minimum atomic E-state index is 0.812. The maximum atomic E-state index is 5.39. The van der Waals surface area contributed by atoms with E-state index in [2.05, 4.69) is 0 Å². The molecule has 46 valence electrons. The lowest BCUT2D eigenvalue weighted by Crippen LogP contribution is -1.93. The first-order valence-electron chi connectivity index (χ1n) is 2.49. The Bertz CT molecular complexity index is 118. The summed E-state index contributed by atoms with van der Waals surface area (Å²) in [4.78, 5) is 0. The van der Waals surface area contributed by atoms with Crippen molar-refractivity contribution >= 4 is 0 Å². The van der Waals surface area contributed by atoms with Crippen molar-refractivity contribution < 1.29 is 0 Å². The Morgan fingerprint density at radius 3 is 2.00 bits per heavy atom. The number of nitrogens with two attached hydrogens (primary N) is 2. The highest BCUT2D eigenvalue weighted by atomic mass is 14.6. The lowest BCUT2D eigenvalue weighted by molar-refractivity contribution is 1.23. The van der Waals surface area contributed by atoms with E-state index in [1.54, 1.807) is 6.08 Å². The molecular weight excluding hydrogens is 100 g/mol. The summed E-state index contributed by atoms with van der Waals surface area (Å²) in [5.41, 5.74) is 12.3. The number of hydrogen-bond donors (Lipinski definition) is 2. The second-order valence-electron chi connectivity index (χ2n) is 1.73. The molecule has 8 heavy (non-hydrogen) atoms. The van der Waals surface area contributed by atoms with E-state index >= 15 is 0 Å². The molecular formula is C6H12N2. The topological polar surface area (TPSA) is 52.0 Å². The van der Waals surface area contributed by atoms with E-state index in [4.69, 9.17) is 11.5 Å². The largest absolute Gasteiger partial charge is 0.405 e. The Hall–Kier alpha value is -0.920. The normalized spacial score (nSPS) is 14.2. The van der Waals surface area contributed by atoms with E-state index < -0.39 is 0 Å². The van der Waals surface area contributed by atoms with Gasteiger partial charge in [0.2, 0.25) is 0 Å². The van der Waals surface area contributed by atoms with Crippen LogP contribution in [0.4, 0.5) is 0 Å². The van der Waals surface area contributed by atoms with Crippen LogP contribution in [0.1, 0.15) is 13.8 Å². The van der Waals surface area contributed by atoms with Crippen molar-refractivity contribution in [2.45, 2.75) is 13.8 Å². The summed E-state index contributed by atoms with van der Waals surface area (Å²) in [6, 6.07) is 0. The molecule has 4 N–H and O–H groups in total. The Morgan fingerprint density at radius 1 is 1.38 bits per heavy atom. The Balaban J connectivity index is 4.00. The standard InChI is InChI=1S/C6H12N2/c1-5(3-4-7)6(2)8/h3-4H,7-8H2,1-2H3. The highest BCUT2D eigenvalue weighted by Crippen LogP contribution is 1.95. The predicted molar refractivity (Wildman–Crippen MR) is 35.9 cm³/mol. The van der Waals surface area contributed by atoms with E-state index in [-0.39, 0.29) is 0 Å². The second-order valence-corrected chi connectivity index (χ2v) is 1.73. The molecule has 0 saturated carbocycles. The fourth-order valence-corrected chi connectivity index (χ4v) is 0.276. The number of allylic oxidation sites excluding steroid dienone is 3. The molecule has 0 fully saturated rings. The third-order valence-electron chi connectivity index (χ3n) is 0.968. The van der Waals surface area contributed by atoms with E-state index in [1.165, 1.54) is 6.20 Å². The van der Waals surface area contributed by atoms with Gasteiger partial charge in [-0.1, -0.05) is 0 Å². The van der Waals surface area contributed by atoms with Gasteiger partial charge in [-0.15, -0.1) is 0 Å². The van der Waals surface area contributed by atoms with Crippen molar-refractivity contribution in [1.29, 1.82) is 0 Å². The lowest BCUT2D eigenvalue weighted by atomic mass is 10.2. The van der Waals surface area contributed by atoms with E-state index in [0.717, 1.165) is 11.3 Å². The molecule has 0 unspecified atom stereocenters. The van der Waals surface area contributed by atoms with Gasteiger partial charge in [0.15, 0.2) is 0 Å². The van der Waals surface area contributed by atoms with Crippen molar-refractivity contribution in [3.8, 4) is 0 Å². The van der Waals surface area contributed by atoms with Crippen molar-refractivity contribution in [2.75, 3.05) is 0 Å². The van der Waals surface area contributed by atoms with Crippen LogP contribution >= 0.6 is 0 Å². The molecule has 0 aliphatic heterocycles. The lowest BCUT2D eigenvalue weighted by Gasteiger charge is -1.92. The van der Waals surface area contributed by atoms with Crippen LogP contribution in [0.5, 0.6) is 0 Å². The van der Waals surface area contributed by atoms with Crippen molar-refractivity contribution in [3.05, 3.63) is 23.5 Å². The summed E-state index contributed by atoms with van der Waals surface area (Å²) >= 11 is 0. The molecule has 0 aliphatic carbocycles. The zero-order valence-corrected chi connectivity index (χ0v) is 5.31. The van der Waals surface area contributed by atoms with Crippen LogP contribution in [0.2, 0.25) is 0 Å². The third-order valence-corrected chi connectivity index (χ3v) is 0.968. The smallest absolute Gasteiger partial charge is 0.00791 e. The highest BCUT2D eigenvalue weighted by molar-refractivity contribution is 5.19. The van der Waals surface area contributed by atoms with Crippen molar-refractivity contribution in [1.82, 2.24) is 0 Å². The fraction of sp³-hybridized carbons (Fsp3) is 0.333. The molecule has 2 nitrogen and oxygen atoms in total. The molecule has 0 aromatic rings. The molecule has 0 heterocycles. The summed E-state index contributed by atoms with van der Waals surface area (Å²) in [7, 11) is 0. The van der Waals surface area contributed by atoms with Crippen LogP contribution < -0.4 is 11.5 Å². The first-order valence-corrected chi connectivity index (χ1v) is 2.49. The van der Waals surface area contributed by atoms with Gasteiger partial charge in [0.1, 0.15) is 0 Å². The van der Waals surface area contributed by atoms with Crippen LogP contribution in [-0.2, 0) is 0 Å². The maximum absolute atomic E-state index is 5.39. The van der Waals surface area contributed by atoms with Gasteiger partial charge >= 0.3 is 0 Å². The zero-order valence-electron chi connectivity index (χ0n) is 5.31. The number of hydrogen-bond acceptors (Lipinski definition) is 2. The molecule has 0 atom stereocenters. The molecule has 0 spiro atoms. The molecule has 2 heteroatoms. The van der Waals surface area contributed by atoms with Gasteiger partial charge in [0.25, 0.3) is 0 Å². The van der Waals surface area contributed by atoms with E-state index in [9.17, 15) is 0 Å². The van der Waals surface area contributed by atoms with Crippen LogP contribution in [0.3, 0.4) is 0 Å². The minimum Gasteiger partial charge on any atom is -0.405 e. The Labute approximate surface area is 49.9 Å². The molecule has 0 aliphatic rings. The van der Waals surface area contributed by atoms with Crippen molar-refractivity contribution in [2.24, 2.45) is 11.5 Å². The third kappa shape index (κ3) is 2.29. The quantitative estimate of drug-likeness (QED) is 0.491. The second kappa shape index (κ2) is 3.13. The van der Waals surface area contributed by atoms with Crippen molar-refractivity contribution in [3.63, 3.8) is 0 Å². The molecule has 0 radical (unpaired) electrons. The van der Waals surface area contributed by atoms with Gasteiger partial charge in [0, 0.05) is 5.70 Å². The average Bonchev–Trinajstić information content (AvgIpc) is 1.67. The molecule has 0 rings (SSSR count). The molecule has 0 aromatic heterocycles. The van der Waals surface area contributed by atoms with Crippen LogP contribution in [0.15, 0.2) is 23.5 Å². The minimum absolute atomic E-state index is 0.812.